The van der Waals surface area contributed by atoms with Crippen molar-refractivity contribution >= 4 is 5.69 Å². The van der Waals surface area contributed by atoms with Crippen molar-refractivity contribution in [1.29, 1.82) is 0 Å². The molecule has 166 valence electrons. The Morgan fingerprint density at radius 3 is 1.58 bits per heavy atom. The lowest BCUT2D eigenvalue weighted by atomic mass is 9.65. The van der Waals surface area contributed by atoms with Crippen LogP contribution in [-0.2, 0) is 5.41 Å². The maximum absolute atomic E-state index is 3.67. The summed E-state index contributed by atoms with van der Waals surface area (Å²) in [5, 5.41) is 7.19. The molecule has 2 N–H and O–H groups in total. The first-order valence-corrected chi connectivity index (χ1v) is 12.1. The number of hydrogen-bond acceptors (Lipinski definition) is 2. The van der Waals surface area contributed by atoms with Crippen LogP contribution >= 0.6 is 0 Å². The summed E-state index contributed by atoms with van der Waals surface area (Å²) in [6, 6.07) is 41.7. The third-order valence-electron chi connectivity index (χ3n) is 6.93. The van der Waals surface area contributed by atoms with Gasteiger partial charge in [-0.15, -0.1) is 0 Å². The van der Waals surface area contributed by atoms with E-state index in [4.69, 9.17) is 0 Å². The van der Waals surface area contributed by atoms with Gasteiger partial charge in [0.2, 0.25) is 0 Å². The lowest BCUT2D eigenvalue weighted by Gasteiger charge is -2.37. The molecule has 2 heteroatoms. The average Bonchev–Trinajstić information content (AvgIpc) is 2.91. The molecular weight excluding hydrogens is 400 g/mol. The highest BCUT2D eigenvalue weighted by Crippen LogP contribution is 2.45. The third kappa shape index (κ3) is 4.44. The van der Waals surface area contributed by atoms with Gasteiger partial charge in [-0.3, -0.25) is 0 Å². The van der Waals surface area contributed by atoms with E-state index in [2.05, 4.69) is 126 Å². The van der Waals surface area contributed by atoms with Crippen LogP contribution in [0.15, 0.2) is 115 Å². The van der Waals surface area contributed by atoms with Gasteiger partial charge in [0.25, 0.3) is 0 Å². The standard InChI is InChI=1S/C31H32N2/c1-4-12-26(13-5-1)31(27-14-6-2-7-15-27,28-16-8-3-9-17-28)29-18-20-30(21-19-29)33-24-25-11-10-22-32-23-25/h1-9,12-21,25,32-33H,10-11,22-24H2. The van der Waals surface area contributed by atoms with Gasteiger partial charge >= 0.3 is 0 Å². The van der Waals surface area contributed by atoms with E-state index in [1.54, 1.807) is 0 Å². The molecule has 1 saturated heterocycles. The molecule has 0 bridgehead atoms. The molecule has 1 unspecified atom stereocenters. The first-order valence-electron chi connectivity index (χ1n) is 12.1. The second-order valence-corrected chi connectivity index (χ2v) is 9.02. The van der Waals surface area contributed by atoms with E-state index >= 15 is 0 Å². The number of rotatable bonds is 7. The second kappa shape index (κ2) is 10.1. The fourth-order valence-corrected chi connectivity index (χ4v) is 5.26. The van der Waals surface area contributed by atoms with Crippen LogP contribution in [0.1, 0.15) is 35.1 Å². The molecule has 0 aliphatic carbocycles. The quantitative estimate of drug-likeness (QED) is 0.327. The van der Waals surface area contributed by atoms with E-state index in [0.29, 0.717) is 5.92 Å². The van der Waals surface area contributed by atoms with Crippen LogP contribution in [0.3, 0.4) is 0 Å². The van der Waals surface area contributed by atoms with Crippen LogP contribution in [0.5, 0.6) is 0 Å². The molecule has 1 aliphatic rings. The minimum Gasteiger partial charge on any atom is -0.385 e. The Hall–Kier alpha value is -3.36. The van der Waals surface area contributed by atoms with Crippen molar-refractivity contribution in [3.05, 3.63) is 138 Å². The lowest BCUT2D eigenvalue weighted by molar-refractivity contribution is 0.393. The van der Waals surface area contributed by atoms with Crippen molar-refractivity contribution in [3.8, 4) is 0 Å². The molecule has 0 aromatic heterocycles. The molecule has 0 spiro atoms. The van der Waals surface area contributed by atoms with Crippen molar-refractivity contribution in [1.82, 2.24) is 5.32 Å². The van der Waals surface area contributed by atoms with Gasteiger partial charge in [-0.2, -0.15) is 0 Å². The molecule has 2 nitrogen and oxygen atoms in total. The Kier molecular flexibility index (Phi) is 6.55. The fraction of sp³-hybridized carbons (Fsp3) is 0.226. The molecular formula is C31H32N2. The Morgan fingerprint density at radius 2 is 1.12 bits per heavy atom. The summed E-state index contributed by atoms with van der Waals surface area (Å²) in [6.07, 6.45) is 2.58. The molecule has 0 amide bonds. The molecule has 4 aromatic carbocycles. The smallest absolute Gasteiger partial charge is 0.0701 e. The Labute approximate surface area is 197 Å². The van der Waals surface area contributed by atoms with Gasteiger partial charge < -0.3 is 10.6 Å². The zero-order chi connectivity index (χ0) is 22.3. The fourth-order valence-electron chi connectivity index (χ4n) is 5.26. The van der Waals surface area contributed by atoms with E-state index in [-0.39, 0.29) is 5.41 Å². The summed E-state index contributed by atoms with van der Waals surface area (Å²) in [6.45, 7) is 3.30. The maximum atomic E-state index is 3.67. The zero-order valence-electron chi connectivity index (χ0n) is 19.1. The first kappa shape index (κ1) is 21.5. The highest BCUT2D eigenvalue weighted by atomic mass is 14.9. The molecule has 1 heterocycles. The number of benzene rings is 4. The van der Waals surface area contributed by atoms with Crippen LogP contribution < -0.4 is 10.6 Å². The highest BCUT2D eigenvalue weighted by molar-refractivity contribution is 5.61. The maximum Gasteiger partial charge on any atom is 0.0701 e. The normalized spacial score (nSPS) is 16.3. The molecule has 1 atom stereocenters. The zero-order valence-corrected chi connectivity index (χ0v) is 19.1. The number of nitrogens with one attached hydrogen (secondary N) is 2. The van der Waals surface area contributed by atoms with Crippen molar-refractivity contribution in [3.63, 3.8) is 0 Å². The molecule has 0 saturated carbocycles. The van der Waals surface area contributed by atoms with Gasteiger partial charge in [-0.25, -0.2) is 0 Å². The van der Waals surface area contributed by atoms with Gasteiger partial charge in [-0.05, 0) is 66.2 Å². The van der Waals surface area contributed by atoms with Crippen molar-refractivity contribution in [2.24, 2.45) is 5.92 Å². The van der Waals surface area contributed by atoms with Crippen molar-refractivity contribution in [2.75, 3.05) is 25.0 Å². The van der Waals surface area contributed by atoms with E-state index in [0.717, 1.165) is 19.6 Å². The number of anilines is 1. The number of hydrogen-bond donors (Lipinski definition) is 2. The summed E-state index contributed by atoms with van der Waals surface area (Å²) < 4.78 is 0. The molecule has 5 rings (SSSR count). The van der Waals surface area contributed by atoms with Crippen molar-refractivity contribution in [2.45, 2.75) is 18.3 Å². The van der Waals surface area contributed by atoms with E-state index in [1.165, 1.54) is 40.8 Å². The first-order chi connectivity index (χ1) is 16.4. The Morgan fingerprint density at radius 1 is 0.636 bits per heavy atom. The van der Waals surface area contributed by atoms with Crippen LogP contribution in [0.4, 0.5) is 5.69 Å². The van der Waals surface area contributed by atoms with Crippen LogP contribution in [-0.4, -0.2) is 19.6 Å². The van der Waals surface area contributed by atoms with Gasteiger partial charge in [0.1, 0.15) is 0 Å². The second-order valence-electron chi connectivity index (χ2n) is 9.02. The minimum atomic E-state index is -0.379. The van der Waals surface area contributed by atoms with Crippen LogP contribution in [0, 0.1) is 5.92 Å². The minimum absolute atomic E-state index is 0.379. The van der Waals surface area contributed by atoms with Crippen LogP contribution in [0.25, 0.3) is 0 Å². The van der Waals surface area contributed by atoms with Gasteiger partial charge in [0.15, 0.2) is 0 Å². The molecule has 0 radical (unpaired) electrons. The highest BCUT2D eigenvalue weighted by Gasteiger charge is 2.38. The van der Waals surface area contributed by atoms with Crippen LogP contribution in [0.2, 0.25) is 0 Å². The molecule has 1 fully saturated rings. The van der Waals surface area contributed by atoms with Crippen molar-refractivity contribution < 1.29 is 0 Å². The summed E-state index contributed by atoms with van der Waals surface area (Å²) in [7, 11) is 0. The average molecular weight is 433 g/mol. The Balaban J connectivity index is 1.57. The lowest BCUT2D eigenvalue weighted by Crippen LogP contribution is -2.33. The number of piperidine rings is 1. The summed E-state index contributed by atoms with van der Waals surface area (Å²) in [5.74, 6) is 0.704. The van der Waals surface area contributed by atoms with E-state index in [9.17, 15) is 0 Å². The monoisotopic (exact) mass is 432 g/mol. The predicted molar refractivity (Wildman–Crippen MR) is 139 cm³/mol. The molecule has 4 aromatic rings. The Bertz CT molecular complexity index is 1020. The predicted octanol–water partition coefficient (Wildman–Crippen LogP) is 6.48. The molecule has 1 aliphatic heterocycles. The van der Waals surface area contributed by atoms with E-state index in [1.807, 2.05) is 0 Å². The summed E-state index contributed by atoms with van der Waals surface area (Å²) >= 11 is 0. The summed E-state index contributed by atoms with van der Waals surface area (Å²) in [5.41, 5.74) is 5.91. The van der Waals surface area contributed by atoms with Gasteiger partial charge in [0, 0.05) is 12.2 Å². The molecule has 33 heavy (non-hydrogen) atoms. The topological polar surface area (TPSA) is 24.1 Å². The van der Waals surface area contributed by atoms with Gasteiger partial charge in [0.05, 0.1) is 5.41 Å². The summed E-state index contributed by atoms with van der Waals surface area (Å²) in [4.78, 5) is 0. The largest absolute Gasteiger partial charge is 0.385 e. The van der Waals surface area contributed by atoms with E-state index < -0.39 is 0 Å². The van der Waals surface area contributed by atoms with Gasteiger partial charge in [-0.1, -0.05) is 103 Å². The SMILES string of the molecule is c1ccc(C(c2ccccc2)(c2ccccc2)c2ccc(NCC3CCCNC3)cc2)cc1. The third-order valence-corrected chi connectivity index (χ3v) is 6.93.